The van der Waals surface area contributed by atoms with Gasteiger partial charge in [0.15, 0.2) is 5.82 Å². The molecule has 256 valence electrons. The lowest BCUT2D eigenvalue weighted by atomic mass is 9.81. The minimum atomic E-state index is -0.892. The van der Waals surface area contributed by atoms with Crippen molar-refractivity contribution in [1.82, 2.24) is 25.1 Å². The van der Waals surface area contributed by atoms with Gasteiger partial charge in [0.1, 0.15) is 6.04 Å². The van der Waals surface area contributed by atoms with E-state index in [0.717, 1.165) is 60.9 Å². The molecular formula is C35H44Cl2N8O3. The fraction of sp³-hybridized carbons (Fsp3) is 0.400. The fourth-order valence-electron chi connectivity index (χ4n) is 6.02. The van der Waals surface area contributed by atoms with Gasteiger partial charge in [-0.05, 0) is 112 Å². The Morgan fingerprint density at radius 2 is 1.62 bits per heavy atom. The van der Waals surface area contributed by atoms with Gasteiger partial charge in [0.25, 0.3) is 0 Å². The number of hydrogen-bond acceptors (Lipinski definition) is 8. The number of nitrogens with two attached hydrogens (primary N) is 2. The van der Waals surface area contributed by atoms with E-state index in [-0.39, 0.29) is 35.9 Å². The first kappa shape index (κ1) is 36.8. The zero-order chi connectivity index (χ0) is 33.3. The summed E-state index contributed by atoms with van der Waals surface area (Å²) in [6, 6.07) is 18.1. The largest absolute Gasteiger partial charge is 0.478 e. The molecule has 5 rings (SSSR count). The molecule has 1 fully saturated rings. The normalized spacial score (nSPS) is 16.6. The number of hydrogen-bond donors (Lipinski definition) is 3. The number of aromatic amines is 1. The van der Waals surface area contributed by atoms with Gasteiger partial charge in [-0.25, -0.2) is 4.98 Å². The molecule has 1 aliphatic rings. The van der Waals surface area contributed by atoms with Crippen LogP contribution < -0.4 is 21.1 Å². The maximum atomic E-state index is 14.2. The Morgan fingerprint density at radius 3 is 2.19 bits per heavy atom. The predicted molar refractivity (Wildman–Crippen MR) is 191 cm³/mol. The van der Waals surface area contributed by atoms with Gasteiger partial charge >= 0.3 is 0 Å². The summed E-state index contributed by atoms with van der Waals surface area (Å²) in [7, 11) is 4.07. The third-order valence-corrected chi connectivity index (χ3v) is 8.91. The Balaban J connectivity index is 0.00000520. The summed E-state index contributed by atoms with van der Waals surface area (Å²) in [5, 5.41) is 8.04. The lowest BCUT2D eigenvalue weighted by Crippen LogP contribution is -2.52. The van der Waals surface area contributed by atoms with E-state index in [9.17, 15) is 9.59 Å². The molecule has 11 nitrogen and oxygen atoms in total. The Hall–Kier alpha value is -4.03. The Bertz CT molecular complexity index is 1610. The molecule has 2 heterocycles. The van der Waals surface area contributed by atoms with Crippen LogP contribution in [0.5, 0.6) is 5.88 Å². The molecule has 0 unspecified atom stereocenters. The van der Waals surface area contributed by atoms with Crippen molar-refractivity contribution in [2.75, 3.05) is 38.7 Å². The van der Waals surface area contributed by atoms with Crippen LogP contribution in [0.25, 0.3) is 22.5 Å². The van der Waals surface area contributed by atoms with Crippen LogP contribution in [0, 0.1) is 11.8 Å². The third kappa shape index (κ3) is 9.53. The molecule has 2 aromatic heterocycles. The molecule has 2 amide bonds. The number of primary amides is 1. The van der Waals surface area contributed by atoms with Crippen molar-refractivity contribution in [1.29, 1.82) is 0 Å². The molecule has 0 bridgehead atoms. The molecule has 0 spiro atoms. The highest BCUT2D eigenvalue weighted by atomic mass is 35.5. The average molecular weight is 696 g/mol. The highest BCUT2D eigenvalue weighted by Gasteiger charge is 2.36. The highest BCUT2D eigenvalue weighted by molar-refractivity contribution is 6.28. The van der Waals surface area contributed by atoms with Gasteiger partial charge in [0.05, 0.1) is 6.61 Å². The van der Waals surface area contributed by atoms with Crippen LogP contribution in [0.3, 0.4) is 0 Å². The molecule has 0 saturated heterocycles. The van der Waals surface area contributed by atoms with Crippen LogP contribution >= 0.6 is 24.0 Å². The van der Waals surface area contributed by atoms with Gasteiger partial charge in [-0.3, -0.25) is 14.5 Å². The molecule has 2 aromatic carbocycles. The van der Waals surface area contributed by atoms with Gasteiger partial charge in [0.2, 0.25) is 23.0 Å². The van der Waals surface area contributed by atoms with Gasteiger partial charge < -0.3 is 26.1 Å². The van der Waals surface area contributed by atoms with Crippen molar-refractivity contribution in [2.24, 2.45) is 23.3 Å². The van der Waals surface area contributed by atoms with Crippen molar-refractivity contribution in [3.05, 3.63) is 77.7 Å². The topological polar surface area (TPSA) is 156 Å². The second-order valence-electron chi connectivity index (χ2n) is 12.4. The monoisotopic (exact) mass is 694 g/mol. The molecule has 48 heavy (non-hydrogen) atoms. The van der Waals surface area contributed by atoms with Crippen LogP contribution in [0.15, 0.2) is 66.9 Å². The molecule has 1 atom stereocenters. The number of rotatable bonds is 14. The highest BCUT2D eigenvalue weighted by Crippen LogP contribution is 2.33. The lowest BCUT2D eigenvalue weighted by molar-refractivity contribution is -0.127. The molecule has 0 radical (unpaired) electrons. The molecule has 5 N–H and O–H groups in total. The number of amides is 2. The number of halogens is 2. The maximum absolute atomic E-state index is 14.2. The van der Waals surface area contributed by atoms with E-state index >= 15 is 0 Å². The number of nitrogens with one attached hydrogen (secondary N) is 1. The Kier molecular flexibility index (Phi) is 13.3. The van der Waals surface area contributed by atoms with Crippen molar-refractivity contribution < 1.29 is 14.3 Å². The number of anilines is 1. The summed E-state index contributed by atoms with van der Waals surface area (Å²) in [4.78, 5) is 38.3. The van der Waals surface area contributed by atoms with Gasteiger partial charge in [-0.1, -0.05) is 24.3 Å². The van der Waals surface area contributed by atoms with E-state index < -0.39 is 11.9 Å². The van der Waals surface area contributed by atoms with E-state index in [2.05, 4.69) is 25.1 Å². The second-order valence-corrected chi connectivity index (χ2v) is 12.7. The van der Waals surface area contributed by atoms with Crippen molar-refractivity contribution in [3.63, 3.8) is 0 Å². The Morgan fingerprint density at radius 1 is 0.958 bits per heavy atom. The quantitative estimate of drug-likeness (QED) is 0.153. The summed E-state index contributed by atoms with van der Waals surface area (Å²) in [6.07, 6.45) is 6.18. The predicted octanol–water partition coefficient (Wildman–Crippen LogP) is 5.13. The number of ether oxygens (including phenoxy) is 1. The van der Waals surface area contributed by atoms with Crippen molar-refractivity contribution in [2.45, 2.75) is 44.6 Å². The minimum Gasteiger partial charge on any atom is -0.478 e. The SMILES string of the molecule is CN(C)CCCOc1ccc(-c2ccc(C[C@@H](C(N)=O)N(c3ccc(-c4nnc(Cl)[nH]4)cc3)C(=O)[C@H]3CC[C@H](CN)CC3)cc2)cn1.Cl. The smallest absolute Gasteiger partial charge is 0.240 e. The zero-order valence-electron chi connectivity index (χ0n) is 27.3. The maximum Gasteiger partial charge on any atom is 0.240 e. The Labute approximate surface area is 292 Å². The summed E-state index contributed by atoms with van der Waals surface area (Å²) >= 11 is 5.92. The summed E-state index contributed by atoms with van der Waals surface area (Å²) in [5.41, 5.74) is 16.1. The number of aromatic nitrogens is 4. The number of carbonyl (C=O) groups excluding carboxylic acids is 2. The fourth-order valence-corrected chi connectivity index (χ4v) is 6.15. The van der Waals surface area contributed by atoms with Crippen molar-refractivity contribution in [3.8, 4) is 28.4 Å². The molecule has 0 aliphatic heterocycles. The standard InChI is InChI=1S/C35H43ClN8O3.ClH/c1-43(2)18-3-19-47-31-17-14-28(22-39-31)25-8-4-23(5-9-25)20-30(32(38)45)44(34(46)27-10-6-24(21-37)7-11-27)29-15-12-26(13-16-29)33-40-35(36)42-41-33;/h4-5,8-9,12-17,22,24,27,30H,3,6-7,10-11,18-21,37H2,1-2H3,(H2,38,45)(H,40,41,42);1H/t24-,27-,30-;/m0./s1. The first-order chi connectivity index (χ1) is 22.7. The lowest BCUT2D eigenvalue weighted by Gasteiger charge is -2.35. The van der Waals surface area contributed by atoms with Gasteiger partial charge in [-0.2, -0.15) is 0 Å². The first-order valence-corrected chi connectivity index (χ1v) is 16.4. The van der Waals surface area contributed by atoms with Gasteiger partial charge in [0, 0.05) is 48.0 Å². The summed E-state index contributed by atoms with van der Waals surface area (Å²) in [6.45, 7) is 2.17. The van der Waals surface area contributed by atoms with E-state index in [4.69, 9.17) is 27.8 Å². The van der Waals surface area contributed by atoms with Crippen molar-refractivity contribution >= 4 is 41.5 Å². The minimum absolute atomic E-state index is 0. The number of pyridine rings is 1. The third-order valence-electron chi connectivity index (χ3n) is 8.74. The van der Waals surface area contributed by atoms with E-state index in [1.165, 1.54) is 0 Å². The molecular weight excluding hydrogens is 651 g/mol. The number of carbonyl (C=O) groups is 2. The van der Waals surface area contributed by atoms with Crippen LogP contribution in [-0.2, 0) is 16.0 Å². The number of H-pyrrole nitrogens is 1. The summed E-state index contributed by atoms with van der Waals surface area (Å²) in [5.74, 6) is 0.608. The van der Waals surface area contributed by atoms with E-state index in [1.54, 1.807) is 23.2 Å². The summed E-state index contributed by atoms with van der Waals surface area (Å²) < 4.78 is 5.76. The van der Waals surface area contributed by atoms with E-state index in [1.807, 2.05) is 62.6 Å². The van der Waals surface area contributed by atoms with Crippen LogP contribution in [-0.4, -0.2) is 76.7 Å². The van der Waals surface area contributed by atoms with Gasteiger partial charge in [-0.15, -0.1) is 22.6 Å². The molecule has 13 heteroatoms. The van der Waals surface area contributed by atoms with Crippen LogP contribution in [0.4, 0.5) is 5.69 Å². The number of nitrogens with zero attached hydrogens (tertiary/aromatic N) is 5. The van der Waals surface area contributed by atoms with Crippen LogP contribution in [0.2, 0.25) is 5.28 Å². The first-order valence-electron chi connectivity index (χ1n) is 16.1. The van der Waals surface area contributed by atoms with Crippen LogP contribution in [0.1, 0.15) is 37.7 Å². The molecule has 1 saturated carbocycles. The molecule has 1 aliphatic carbocycles. The average Bonchev–Trinajstić information content (AvgIpc) is 3.53. The second kappa shape index (κ2) is 17.4. The van der Waals surface area contributed by atoms with E-state index in [0.29, 0.717) is 36.5 Å². The zero-order valence-corrected chi connectivity index (χ0v) is 28.9. The number of benzene rings is 2. The molecule has 4 aromatic rings.